The summed E-state index contributed by atoms with van der Waals surface area (Å²) in [5, 5.41) is 0. The van der Waals surface area contributed by atoms with Crippen LogP contribution in [0.2, 0.25) is 0 Å². The molecule has 0 aromatic heterocycles. The highest BCUT2D eigenvalue weighted by atomic mass is 15.2. The van der Waals surface area contributed by atoms with Crippen LogP contribution < -0.4 is 0 Å². The third kappa shape index (κ3) is 4.93. The predicted octanol–water partition coefficient (Wildman–Crippen LogP) is 3.55. The Morgan fingerprint density at radius 2 is 1.48 bits per heavy atom. The van der Waals surface area contributed by atoms with Crippen LogP contribution in [0.3, 0.4) is 0 Å². The molecule has 23 heavy (non-hydrogen) atoms. The Balaban J connectivity index is 0.000000924. The van der Waals surface area contributed by atoms with Crippen molar-refractivity contribution in [3.05, 3.63) is 0 Å². The van der Waals surface area contributed by atoms with Crippen LogP contribution >= 0.6 is 0 Å². The summed E-state index contributed by atoms with van der Waals surface area (Å²) in [7, 11) is 0. The van der Waals surface area contributed by atoms with Gasteiger partial charge in [0.15, 0.2) is 0 Å². The van der Waals surface area contributed by atoms with Crippen LogP contribution in [0.1, 0.15) is 60.3 Å². The lowest BCUT2D eigenvalue weighted by Gasteiger charge is -2.56. The zero-order valence-corrected chi connectivity index (χ0v) is 16.5. The first-order chi connectivity index (χ1) is 11.1. The normalized spacial score (nSPS) is 26.9. The van der Waals surface area contributed by atoms with Crippen molar-refractivity contribution in [2.24, 2.45) is 11.3 Å². The van der Waals surface area contributed by atoms with Gasteiger partial charge in [-0.1, -0.05) is 20.8 Å². The number of rotatable bonds is 4. The number of hydrogen-bond donors (Lipinski definition) is 0. The molecule has 0 aromatic rings. The third-order valence-corrected chi connectivity index (χ3v) is 6.39. The van der Waals surface area contributed by atoms with E-state index in [2.05, 4.69) is 35.5 Å². The molecule has 0 atom stereocenters. The second-order valence-electron chi connectivity index (χ2n) is 8.18. The Morgan fingerprint density at radius 3 is 1.96 bits per heavy atom. The summed E-state index contributed by atoms with van der Waals surface area (Å²) in [4.78, 5) is 8.03. The molecule has 0 radical (unpaired) electrons. The smallest absolute Gasteiger partial charge is 0.00541 e. The Morgan fingerprint density at radius 1 is 0.913 bits per heavy atom. The molecule has 1 spiro atoms. The summed E-state index contributed by atoms with van der Waals surface area (Å²) in [6.07, 6.45) is 5.75. The minimum atomic E-state index is 0.701. The van der Waals surface area contributed by atoms with E-state index >= 15 is 0 Å². The predicted molar refractivity (Wildman–Crippen MR) is 101 cm³/mol. The van der Waals surface area contributed by atoms with Crippen molar-refractivity contribution >= 4 is 0 Å². The van der Waals surface area contributed by atoms with Crippen molar-refractivity contribution in [3.63, 3.8) is 0 Å². The second-order valence-corrected chi connectivity index (χ2v) is 8.18. The summed E-state index contributed by atoms with van der Waals surface area (Å²) in [6.45, 7) is 21.7. The van der Waals surface area contributed by atoms with Crippen LogP contribution in [0, 0.1) is 11.3 Å². The van der Waals surface area contributed by atoms with Crippen molar-refractivity contribution in [2.75, 3.05) is 52.4 Å². The molecule has 3 fully saturated rings. The highest BCUT2D eigenvalue weighted by Gasteiger charge is 2.45. The minimum Gasteiger partial charge on any atom is -0.304 e. The molecule has 0 bridgehead atoms. The molecule has 3 aliphatic heterocycles. The average molecular weight is 324 g/mol. The summed E-state index contributed by atoms with van der Waals surface area (Å²) in [5.41, 5.74) is 0.701. The van der Waals surface area contributed by atoms with Crippen LogP contribution in [0.15, 0.2) is 0 Å². The summed E-state index contributed by atoms with van der Waals surface area (Å²) in [6, 6.07) is 0.748. The van der Waals surface area contributed by atoms with Gasteiger partial charge in [-0.05, 0) is 83.6 Å². The van der Waals surface area contributed by atoms with E-state index in [1.807, 2.05) is 13.8 Å². The first-order valence-electron chi connectivity index (χ1n) is 10.3. The molecule has 0 saturated carbocycles. The summed E-state index contributed by atoms with van der Waals surface area (Å²) < 4.78 is 0. The van der Waals surface area contributed by atoms with Crippen LogP contribution in [-0.4, -0.2) is 73.1 Å². The lowest BCUT2D eigenvalue weighted by atomic mass is 9.71. The quantitative estimate of drug-likeness (QED) is 0.783. The van der Waals surface area contributed by atoms with E-state index in [4.69, 9.17) is 0 Å². The second kappa shape index (κ2) is 8.82. The fourth-order valence-electron chi connectivity index (χ4n) is 4.56. The molecular weight excluding hydrogens is 282 g/mol. The average Bonchev–Trinajstić information content (AvgIpc) is 2.56. The molecule has 3 nitrogen and oxygen atoms in total. The van der Waals surface area contributed by atoms with E-state index < -0.39 is 0 Å². The van der Waals surface area contributed by atoms with Gasteiger partial charge in [-0.3, -0.25) is 4.90 Å². The molecule has 3 rings (SSSR count). The molecule has 3 heteroatoms. The van der Waals surface area contributed by atoms with Gasteiger partial charge in [-0.2, -0.15) is 0 Å². The molecule has 3 saturated heterocycles. The molecule has 0 N–H and O–H groups in total. The van der Waals surface area contributed by atoms with Gasteiger partial charge in [0.05, 0.1) is 0 Å². The van der Waals surface area contributed by atoms with E-state index in [1.165, 1.54) is 78.0 Å². The van der Waals surface area contributed by atoms with Crippen LogP contribution in [0.4, 0.5) is 0 Å². The molecule has 0 amide bonds. The van der Waals surface area contributed by atoms with Crippen molar-refractivity contribution in [1.82, 2.24) is 14.7 Å². The molecule has 0 aliphatic carbocycles. The minimum absolute atomic E-state index is 0.701. The van der Waals surface area contributed by atoms with Crippen molar-refractivity contribution in [2.45, 2.75) is 66.3 Å². The van der Waals surface area contributed by atoms with E-state index in [1.54, 1.807) is 0 Å². The third-order valence-electron chi connectivity index (χ3n) is 6.39. The fraction of sp³-hybridized carbons (Fsp3) is 1.00. The van der Waals surface area contributed by atoms with Gasteiger partial charge in [0.2, 0.25) is 0 Å². The molecule has 0 aromatic carbocycles. The van der Waals surface area contributed by atoms with Gasteiger partial charge >= 0.3 is 0 Å². The van der Waals surface area contributed by atoms with E-state index in [9.17, 15) is 0 Å². The first kappa shape index (κ1) is 19.2. The Bertz CT molecular complexity index is 318. The van der Waals surface area contributed by atoms with Crippen molar-refractivity contribution in [3.8, 4) is 0 Å². The molecule has 3 aliphatic rings. The van der Waals surface area contributed by atoms with Crippen molar-refractivity contribution < 1.29 is 0 Å². The lowest BCUT2D eigenvalue weighted by Crippen LogP contribution is -2.62. The number of nitrogens with zero attached hydrogens (tertiary/aromatic N) is 3. The van der Waals surface area contributed by atoms with Gasteiger partial charge in [0.25, 0.3) is 0 Å². The fourth-order valence-corrected chi connectivity index (χ4v) is 4.56. The maximum atomic E-state index is 2.77. The Labute approximate surface area is 145 Å². The number of likely N-dealkylation sites (tertiary alicyclic amines) is 3. The SMILES string of the molecule is CC.CCN1CCC(CN2CCC3(CC2)CN(C(C)C)C3)CC1. The summed E-state index contributed by atoms with van der Waals surface area (Å²) in [5.74, 6) is 0.968. The van der Waals surface area contributed by atoms with E-state index in [-0.39, 0.29) is 0 Å². The molecule has 0 unspecified atom stereocenters. The molecular formula is C20H41N3. The maximum Gasteiger partial charge on any atom is 0.00541 e. The number of hydrogen-bond acceptors (Lipinski definition) is 3. The Kier molecular flexibility index (Phi) is 7.37. The van der Waals surface area contributed by atoms with Crippen molar-refractivity contribution in [1.29, 1.82) is 0 Å². The first-order valence-corrected chi connectivity index (χ1v) is 10.3. The van der Waals surface area contributed by atoms with Crippen LogP contribution in [-0.2, 0) is 0 Å². The van der Waals surface area contributed by atoms with Gasteiger partial charge < -0.3 is 9.80 Å². The zero-order valence-electron chi connectivity index (χ0n) is 16.5. The monoisotopic (exact) mass is 323 g/mol. The van der Waals surface area contributed by atoms with E-state index in [0.29, 0.717) is 5.41 Å². The summed E-state index contributed by atoms with van der Waals surface area (Å²) >= 11 is 0. The molecule has 3 heterocycles. The van der Waals surface area contributed by atoms with E-state index in [0.717, 1.165) is 12.0 Å². The number of piperidine rings is 2. The van der Waals surface area contributed by atoms with Gasteiger partial charge in [-0.25, -0.2) is 0 Å². The molecule has 136 valence electrons. The van der Waals surface area contributed by atoms with Crippen LogP contribution in [0.5, 0.6) is 0 Å². The standard InChI is InChI=1S/C18H35N3.C2H6/c1-4-19-9-5-17(6-10-19)13-20-11-7-18(8-12-20)14-21(15-18)16(2)3;1-2/h16-17H,4-15H2,1-3H3;1-2H3. The lowest BCUT2D eigenvalue weighted by molar-refractivity contribution is -0.0647. The van der Waals surface area contributed by atoms with Gasteiger partial charge in [-0.15, -0.1) is 0 Å². The maximum absolute atomic E-state index is 2.77. The van der Waals surface area contributed by atoms with Gasteiger partial charge in [0.1, 0.15) is 0 Å². The van der Waals surface area contributed by atoms with Crippen LogP contribution in [0.25, 0.3) is 0 Å². The largest absolute Gasteiger partial charge is 0.304 e. The highest BCUT2D eigenvalue weighted by molar-refractivity contribution is 4.99. The topological polar surface area (TPSA) is 9.72 Å². The van der Waals surface area contributed by atoms with Gasteiger partial charge in [0, 0.05) is 25.7 Å². The highest BCUT2D eigenvalue weighted by Crippen LogP contribution is 2.41. The zero-order chi connectivity index (χ0) is 16.9. The Hall–Kier alpha value is -0.120.